The topological polar surface area (TPSA) is 96.6 Å². The zero-order valence-corrected chi connectivity index (χ0v) is 16.0. The lowest BCUT2D eigenvalue weighted by molar-refractivity contribution is 0.0955. The first-order chi connectivity index (χ1) is 14.6. The van der Waals surface area contributed by atoms with Gasteiger partial charge in [-0.25, -0.2) is 10.4 Å². The van der Waals surface area contributed by atoms with Crippen LogP contribution in [0.1, 0.15) is 28.2 Å². The molecular weight excluding hydrogens is 380 g/mol. The molecule has 0 saturated carbocycles. The smallest absolute Gasteiger partial charge is 0.271 e. The average molecular weight is 398 g/mol. The molecule has 0 bridgehead atoms. The molecule has 7 heteroatoms. The van der Waals surface area contributed by atoms with Crippen LogP contribution in [0.4, 0.5) is 0 Å². The SMILES string of the molecule is O=C(N/N=C/c1c(O)ccc2ccccc12)c1ccc2c(=O)n3c(nc2c1)CCC3. The van der Waals surface area contributed by atoms with Crippen LogP contribution in [-0.2, 0) is 13.0 Å². The molecule has 148 valence electrons. The molecule has 1 aromatic heterocycles. The highest BCUT2D eigenvalue weighted by molar-refractivity contribution is 6.03. The lowest BCUT2D eigenvalue weighted by Gasteiger charge is -2.07. The molecule has 0 aliphatic carbocycles. The number of benzene rings is 3. The minimum Gasteiger partial charge on any atom is -0.507 e. The summed E-state index contributed by atoms with van der Waals surface area (Å²) >= 11 is 0. The monoisotopic (exact) mass is 398 g/mol. The van der Waals surface area contributed by atoms with E-state index in [0.717, 1.165) is 29.4 Å². The van der Waals surface area contributed by atoms with Gasteiger partial charge in [0.25, 0.3) is 11.5 Å². The first kappa shape index (κ1) is 18.1. The summed E-state index contributed by atoms with van der Waals surface area (Å²) in [6.07, 6.45) is 3.09. The minimum absolute atomic E-state index is 0.0658. The number of aromatic nitrogens is 2. The minimum atomic E-state index is -0.421. The lowest BCUT2D eigenvalue weighted by Crippen LogP contribution is -2.22. The summed E-state index contributed by atoms with van der Waals surface area (Å²) in [6, 6.07) is 15.8. The normalized spacial score (nSPS) is 13.2. The molecule has 0 saturated heterocycles. The molecule has 1 aliphatic rings. The number of carbonyl (C=O) groups excluding carboxylic acids is 1. The molecule has 2 heterocycles. The molecule has 7 nitrogen and oxygen atoms in total. The van der Waals surface area contributed by atoms with E-state index in [1.165, 1.54) is 6.21 Å². The van der Waals surface area contributed by atoms with E-state index in [0.29, 0.717) is 28.6 Å². The lowest BCUT2D eigenvalue weighted by atomic mass is 10.0. The molecule has 30 heavy (non-hydrogen) atoms. The van der Waals surface area contributed by atoms with Gasteiger partial charge in [0.15, 0.2) is 0 Å². The van der Waals surface area contributed by atoms with Crippen molar-refractivity contribution in [1.82, 2.24) is 15.0 Å². The molecule has 5 rings (SSSR count). The summed E-state index contributed by atoms with van der Waals surface area (Å²) in [4.78, 5) is 29.6. The van der Waals surface area contributed by atoms with Crippen LogP contribution in [0.5, 0.6) is 5.75 Å². The summed E-state index contributed by atoms with van der Waals surface area (Å²) in [6.45, 7) is 0.690. The number of phenols is 1. The summed E-state index contributed by atoms with van der Waals surface area (Å²) < 4.78 is 1.70. The standard InChI is InChI=1S/C23H18N4O3/c28-20-10-8-14-4-1-2-5-16(14)18(20)13-24-26-22(29)15-7-9-17-19(12-15)25-21-6-3-11-27(21)23(17)30/h1-2,4-5,7-10,12-13,28H,3,6,11H2,(H,26,29)/b24-13+. The van der Waals surface area contributed by atoms with E-state index in [2.05, 4.69) is 15.5 Å². The van der Waals surface area contributed by atoms with Crippen LogP contribution in [-0.4, -0.2) is 26.8 Å². The predicted molar refractivity (Wildman–Crippen MR) is 115 cm³/mol. The van der Waals surface area contributed by atoms with E-state index in [-0.39, 0.29) is 11.3 Å². The third kappa shape index (κ3) is 3.00. The van der Waals surface area contributed by atoms with Crippen molar-refractivity contribution in [3.8, 4) is 5.75 Å². The van der Waals surface area contributed by atoms with E-state index in [1.54, 1.807) is 28.8 Å². The Morgan fingerprint density at radius 1 is 1.13 bits per heavy atom. The first-order valence-corrected chi connectivity index (χ1v) is 9.69. The molecule has 1 amide bonds. The second-order valence-electron chi connectivity index (χ2n) is 7.24. The van der Waals surface area contributed by atoms with Crippen molar-refractivity contribution in [2.24, 2.45) is 5.10 Å². The molecule has 1 aliphatic heterocycles. The number of phenolic OH excluding ortho intramolecular Hbond substituents is 1. The van der Waals surface area contributed by atoms with Crippen LogP contribution in [0.2, 0.25) is 0 Å². The molecule has 0 spiro atoms. The van der Waals surface area contributed by atoms with Gasteiger partial charge in [0, 0.05) is 24.1 Å². The number of aryl methyl sites for hydroxylation is 1. The van der Waals surface area contributed by atoms with Crippen molar-refractivity contribution >= 4 is 33.8 Å². The fraction of sp³-hybridized carbons (Fsp3) is 0.130. The molecule has 0 radical (unpaired) electrons. The maximum atomic E-state index is 12.5. The molecule has 4 aromatic rings. The van der Waals surface area contributed by atoms with Crippen LogP contribution < -0.4 is 11.0 Å². The largest absolute Gasteiger partial charge is 0.507 e. The molecule has 0 unspecified atom stereocenters. The molecule has 0 fully saturated rings. The molecular formula is C23H18N4O3. The van der Waals surface area contributed by atoms with E-state index in [9.17, 15) is 14.7 Å². The van der Waals surface area contributed by atoms with Crippen molar-refractivity contribution in [2.45, 2.75) is 19.4 Å². The van der Waals surface area contributed by atoms with Gasteiger partial charge in [-0.2, -0.15) is 5.10 Å². The van der Waals surface area contributed by atoms with Gasteiger partial charge >= 0.3 is 0 Å². The van der Waals surface area contributed by atoms with Gasteiger partial charge in [0.2, 0.25) is 0 Å². The number of carbonyl (C=O) groups is 1. The Morgan fingerprint density at radius 2 is 2.00 bits per heavy atom. The third-order valence-electron chi connectivity index (χ3n) is 5.39. The van der Waals surface area contributed by atoms with Crippen molar-refractivity contribution in [1.29, 1.82) is 0 Å². The Kier molecular flexibility index (Phi) is 4.28. The maximum Gasteiger partial charge on any atom is 0.271 e. The number of hydrogen-bond donors (Lipinski definition) is 2. The van der Waals surface area contributed by atoms with Gasteiger partial charge in [-0.05, 0) is 41.5 Å². The molecule has 2 N–H and O–H groups in total. The van der Waals surface area contributed by atoms with E-state index in [1.807, 2.05) is 30.3 Å². The second-order valence-corrected chi connectivity index (χ2v) is 7.24. The van der Waals surface area contributed by atoms with E-state index in [4.69, 9.17) is 0 Å². The van der Waals surface area contributed by atoms with Gasteiger partial charge in [-0.3, -0.25) is 14.2 Å². The fourth-order valence-corrected chi connectivity index (χ4v) is 3.86. The number of nitrogens with one attached hydrogen (secondary N) is 1. The van der Waals surface area contributed by atoms with Crippen LogP contribution in [0, 0.1) is 0 Å². The highest BCUT2D eigenvalue weighted by atomic mass is 16.3. The molecule has 0 atom stereocenters. The Balaban J connectivity index is 1.42. The van der Waals surface area contributed by atoms with Crippen molar-refractivity contribution in [3.05, 3.63) is 81.9 Å². The van der Waals surface area contributed by atoms with Crippen molar-refractivity contribution in [3.63, 3.8) is 0 Å². The number of hydrogen-bond acceptors (Lipinski definition) is 5. The Morgan fingerprint density at radius 3 is 2.90 bits per heavy atom. The molecule has 3 aromatic carbocycles. The number of fused-ring (bicyclic) bond motifs is 3. The number of hydrazone groups is 1. The Bertz CT molecular complexity index is 1410. The predicted octanol–water partition coefficient (Wildman–Crippen LogP) is 2.97. The highest BCUT2D eigenvalue weighted by Crippen LogP contribution is 2.25. The number of aromatic hydroxyl groups is 1. The van der Waals surface area contributed by atoms with Gasteiger partial charge in [-0.1, -0.05) is 30.3 Å². The van der Waals surface area contributed by atoms with Gasteiger partial charge in [-0.15, -0.1) is 0 Å². The van der Waals surface area contributed by atoms with Crippen LogP contribution >= 0.6 is 0 Å². The third-order valence-corrected chi connectivity index (χ3v) is 5.39. The summed E-state index contributed by atoms with van der Waals surface area (Å²) in [5.74, 6) is 0.417. The van der Waals surface area contributed by atoms with Gasteiger partial charge < -0.3 is 5.11 Å². The second kappa shape index (κ2) is 7.11. The fourth-order valence-electron chi connectivity index (χ4n) is 3.86. The quantitative estimate of drug-likeness (QED) is 0.410. The van der Waals surface area contributed by atoms with Crippen LogP contribution in [0.15, 0.2) is 64.5 Å². The first-order valence-electron chi connectivity index (χ1n) is 9.69. The van der Waals surface area contributed by atoms with Gasteiger partial charge in [0.05, 0.1) is 17.1 Å². The average Bonchev–Trinajstić information content (AvgIpc) is 3.24. The number of rotatable bonds is 3. The Hall–Kier alpha value is -4.00. The zero-order valence-electron chi connectivity index (χ0n) is 16.0. The summed E-state index contributed by atoms with van der Waals surface area (Å²) in [5, 5.41) is 16.5. The number of amides is 1. The Labute approximate surface area is 171 Å². The summed E-state index contributed by atoms with van der Waals surface area (Å²) in [5.41, 5.74) is 3.81. The van der Waals surface area contributed by atoms with Crippen molar-refractivity contribution in [2.75, 3.05) is 0 Å². The van der Waals surface area contributed by atoms with Crippen molar-refractivity contribution < 1.29 is 9.90 Å². The highest BCUT2D eigenvalue weighted by Gasteiger charge is 2.17. The maximum absolute atomic E-state index is 12.5. The number of nitrogens with zero attached hydrogens (tertiary/aromatic N) is 3. The van der Waals surface area contributed by atoms with Crippen LogP contribution in [0.3, 0.4) is 0 Å². The van der Waals surface area contributed by atoms with E-state index >= 15 is 0 Å². The zero-order chi connectivity index (χ0) is 20.7. The van der Waals surface area contributed by atoms with Crippen LogP contribution in [0.25, 0.3) is 21.7 Å². The van der Waals surface area contributed by atoms with E-state index < -0.39 is 5.91 Å². The summed E-state index contributed by atoms with van der Waals surface area (Å²) in [7, 11) is 0. The van der Waals surface area contributed by atoms with Gasteiger partial charge in [0.1, 0.15) is 11.6 Å².